The molecule has 1 rings (SSSR count). The number of unbranched alkanes of at least 4 members (excludes halogenated alkanes) is 2. The minimum absolute atomic E-state index is 0.495. The zero-order valence-corrected chi connectivity index (χ0v) is 12.0. The first kappa shape index (κ1) is 15.0. The second-order valence-corrected chi connectivity index (χ2v) is 5.06. The molecule has 0 bridgehead atoms. The molecule has 3 nitrogen and oxygen atoms in total. The van der Waals surface area contributed by atoms with Crippen molar-refractivity contribution in [3.8, 4) is 0 Å². The summed E-state index contributed by atoms with van der Waals surface area (Å²) in [6.45, 7) is 8.46. The highest BCUT2D eigenvalue weighted by atomic mass is 15.2. The number of hydrogen-bond acceptors (Lipinski definition) is 3. The zero-order chi connectivity index (χ0) is 13.4. The molecular formula is C15H27N3. The first-order valence-corrected chi connectivity index (χ1v) is 7.10. The average molecular weight is 249 g/mol. The molecule has 18 heavy (non-hydrogen) atoms. The molecule has 0 aliphatic heterocycles. The van der Waals surface area contributed by atoms with Crippen molar-refractivity contribution in [2.45, 2.75) is 52.5 Å². The fraction of sp³-hybridized carbons (Fsp3) is 0.667. The summed E-state index contributed by atoms with van der Waals surface area (Å²) in [7, 11) is 0. The van der Waals surface area contributed by atoms with Crippen molar-refractivity contribution in [2.75, 3.05) is 18.0 Å². The van der Waals surface area contributed by atoms with E-state index in [2.05, 4.69) is 42.8 Å². The van der Waals surface area contributed by atoms with Crippen LogP contribution in [0.4, 0.5) is 5.82 Å². The molecule has 3 heteroatoms. The molecule has 0 fully saturated rings. The van der Waals surface area contributed by atoms with Gasteiger partial charge >= 0.3 is 0 Å². The summed E-state index contributed by atoms with van der Waals surface area (Å²) in [5.41, 5.74) is 6.77. The van der Waals surface area contributed by atoms with Crippen LogP contribution < -0.4 is 10.6 Å². The van der Waals surface area contributed by atoms with Crippen LogP contribution in [0.3, 0.4) is 0 Å². The van der Waals surface area contributed by atoms with Gasteiger partial charge in [0, 0.05) is 18.8 Å². The van der Waals surface area contributed by atoms with Crippen molar-refractivity contribution in [3.05, 3.63) is 23.9 Å². The molecule has 1 aromatic heterocycles. The van der Waals surface area contributed by atoms with Gasteiger partial charge in [-0.1, -0.05) is 25.8 Å². The van der Waals surface area contributed by atoms with Crippen LogP contribution in [0.15, 0.2) is 18.3 Å². The predicted molar refractivity (Wildman–Crippen MR) is 79.0 cm³/mol. The number of aromatic nitrogens is 1. The summed E-state index contributed by atoms with van der Waals surface area (Å²) in [5.74, 6) is 1.09. The maximum Gasteiger partial charge on any atom is 0.128 e. The van der Waals surface area contributed by atoms with E-state index in [1.54, 1.807) is 0 Å². The van der Waals surface area contributed by atoms with Crippen molar-refractivity contribution in [2.24, 2.45) is 5.73 Å². The Morgan fingerprint density at radius 3 is 2.56 bits per heavy atom. The third-order valence-electron chi connectivity index (χ3n) is 3.16. The molecule has 0 amide bonds. The van der Waals surface area contributed by atoms with Crippen molar-refractivity contribution in [1.82, 2.24) is 4.98 Å². The van der Waals surface area contributed by atoms with E-state index in [1.165, 1.54) is 24.8 Å². The largest absolute Gasteiger partial charge is 0.354 e. The van der Waals surface area contributed by atoms with E-state index in [9.17, 15) is 0 Å². The Morgan fingerprint density at radius 1 is 1.28 bits per heavy atom. The van der Waals surface area contributed by atoms with Crippen LogP contribution in [-0.4, -0.2) is 24.1 Å². The topological polar surface area (TPSA) is 42.1 Å². The maximum absolute atomic E-state index is 5.55. The highest BCUT2D eigenvalue weighted by Crippen LogP contribution is 2.16. The van der Waals surface area contributed by atoms with E-state index in [1.807, 2.05) is 6.20 Å². The Labute approximate surface area is 111 Å². The van der Waals surface area contributed by atoms with Gasteiger partial charge in [-0.2, -0.15) is 0 Å². The third-order valence-corrected chi connectivity index (χ3v) is 3.16. The fourth-order valence-electron chi connectivity index (χ4n) is 2.07. The van der Waals surface area contributed by atoms with Gasteiger partial charge in [0.15, 0.2) is 0 Å². The molecule has 0 saturated carbocycles. The number of nitrogens with zero attached hydrogens (tertiary/aromatic N) is 2. The summed E-state index contributed by atoms with van der Waals surface area (Å²) in [4.78, 5) is 6.94. The van der Waals surface area contributed by atoms with Gasteiger partial charge in [-0.05, 0) is 44.9 Å². The van der Waals surface area contributed by atoms with Crippen molar-refractivity contribution in [1.29, 1.82) is 0 Å². The molecule has 2 N–H and O–H groups in total. The SMILES string of the molecule is CCCCCN(c1ccc(CCN)cn1)C(C)C. The lowest BCUT2D eigenvalue weighted by molar-refractivity contribution is 0.619. The van der Waals surface area contributed by atoms with Gasteiger partial charge < -0.3 is 10.6 Å². The number of rotatable bonds is 8. The highest BCUT2D eigenvalue weighted by molar-refractivity contribution is 5.40. The first-order chi connectivity index (χ1) is 8.69. The third kappa shape index (κ3) is 4.65. The molecular weight excluding hydrogens is 222 g/mol. The Bertz CT molecular complexity index is 319. The number of nitrogens with two attached hydrogens (primary N) is 1. The molecule has 0 aliphatic carbocycles. The fourth-order valence-corrected chi connectivity index (χ4v) is 2.07. The van der Waals surface area contributed by atoms with Crippen LogP contribution in [0, 0.1) is 0 Å². The molecule has 0 aromatic carbocycles. The van der Waals surface area contributed by atoms with Crippen LogP contribution in [-0.2, 0) is 6.42 Å². The molecule has 0 saturated heterocycles. The van der Waals surface area contributed by atoms with Gasteiger partial charge in [-0.15, -0.1) is 0 Å². The van der Waals surface area contributed by atoms with Crippen LogP contribution >= 0.6 is 0 Å². The smallest absolute Gasteiger partial charge is 0.128 e. The van der Waals surface area contributed by atoms with Crippen LogP contribution in [0.1, 0.15) is 45.6 Å². The van der Waals surface area contributed by atoms with Crippen LogP contribution in [0.5, 0.6) is 0 Å². The summed E-state index contributed by atoms with van der Waals surface area (Å²) in [6.07, 6.45) is 6.65. The number of pyridine rings is 1. The molecule has 0 unspecified atom stereocenters. The quantitative estimate of drug-likeness (QED) is 0.720. The Kier molecular flexibility index (Phi) is 6.73. The number of hydrogen-bond donors (Lipinski definition) is 1. The Balaban J connectivity index is 2.66. The van der Waals surface area contributed by atoms with E-state index >= 15 is 0 Å². The summed E-state index contributed by atoms with van der Waals surface area (Å²) >= 11 is 0. The number of anilines is 1. The molecule has 102 valence electrons. The van der Waals surface area contributed by atoms with Gasteiger partial charge in [0.05, 0.1) is 0 Å². The van der Waals surface area contributed by atoms with E-state index in [4.69, 9.17) is 5.73 Å². The van der Waals surface area contributed by atoms with Crippen molar-refractivity contribution < 1.29 is 0 Å². The zero-order valence-electron chi connectivity index (χ0n) is 12.0. The van der Waals surface area contributed by atoms with Crippen LogP contribution in [0.2, 0.25) is 0 Å². The predicted octanol–water partition coefficient (Wildman–Crippen LogP) is 2.99. The monoisotopic (exact) mass is 249 g/mol. The van der Waals surface area contributed by atoms with Crippen LogP contribution in [0.25, 0.3) is 0 Å². The van der Waals surface area contributed by atoms with E-state index in [0.29, 0.717) is 12.6 Å². The molecule has 0 radical (unpaired) electrons. The standard InChI is InChI=1S/C15H27N3/c1-4-5-6-11-18(13(2)3)15-8-7-14(9-10-16)12-17-15/h7-8,12-13H,4-6,9-11,16H2,1-3H3. The minimum Gasteiger partial charge on any atom is -0.354 e. The second-order valence-electron chi connectivity index (χ2n) is 5.06. The lowest BCUT2D eigenvalue weighted by Crippen LogP contribution is -2.32. The Hall–Kier alpha value is -1.09. The molecule has 1 heterocycles. The van der Waals surface area contributed by atoms with E-state index in [0.717, 1.165) is 18.8 Å². The minimum atomic E-state index is 0.495. The molecule has 0 atom stereocenters. The molecule has 1 aromatic rings. The Morgan fingerprint density at radius 2 is 2.06 bits per heavy atom. The molecule has 0 aliphatic rings. The van der Waals surface area contributed by atoms with Gasteiger partial charge in [-0.3, -0.25) is 0 Å². The second kappa shape index (κ2) is 8.09. The summed E-state index contributed by atoms with van der Waals surface area (Å²) in [5, 5.41) is 0. The van der Waals surface area contributed by atoms with E-state index in [-0.39, 0.29) is 0 Å². The van der Waals surface area contributed by atoms with Gasteiger partial charge in [0.25, 0.3) is 0 Å². The summed E-state index contributed by atoms with van der Waals surface area (Å²) in [6, 6.07) is 4.76. The van der Waals surface area contributed by atoms with Gasteiger partial charge in [0.1, 0.15) is 5.82 Å². The van der Waals surface area contributed by atoms with Crippen molar-refractivity contribution >= 4 is 5.82 Å². The van der Waals surface area contributed by atoms with Gasteiger partial charge in [-0.25, -0.2) is 4.98 Å². The maximum atomic E-state index is 5.55. The van der Waals surface area contributed by atoms with Gasteiger partial charge in [0.2, 0.25) is 0 Å². The lowest BCUT2D eigenvalue weighted by atomic mass is 10.2. The highest BCUT2D eigenvalue weighted by Gasteiger charge is 2.11. The average Bonchev–Trinajstić information content (AvgIpc) is 2.36. The molecule has 0 spiro atoms. The normalized spacial score (nSPS) is 10.9. The first-order valence-electron chi connectivity index (χ1n) is 7.10. The lowest BCUT2D eigenvalue weighted by Gasteiger charge is -2.28. The van der Waals surface area contributed by atoms with E-state index < -0.39 is 0 Å². The summed E-state index contributed by atoms with van der Waals surface area (Å²) < 4.78 is 0. The van der Waals surface area contributed by atoms with Crippen molar-refractivity contribution in [3.63, 3.8) is 0 Å².